The molecule has 1 aliphatic carbocycles. The van der Waals surface area contributed by atoms with Crippen molar-refractivity contribution >= 4 is 17.7 Å². The zero-order valence-corrected chi connectivity index (χ0v) is 11.9. The number of aromatic nitrogens is 2. The van der Waals surface area contributed by atoms with Gasteiger partial charge in [0.2, 0.25) is 5.91 Å². The predicted molar refractivity (Wildman–Crippen MR) is 75.7 cm³/mol. The highest BCUT2D eigenvalue weighted by molar-refractivity contribution is 5.94. The first-order valence-electron chi connectivity index (χ1n) is 6.95. The second-order valence-corrected chi connectivity index (χ2v) is 5.40. The summed E-state index contributed by atoms with van der Waals surface area (Å²) in [5, 5.41) is 15.1. The van der Waals surface area contributed by atoms with Crippen LogP contribution in [0.1, 0.15) is 17.9 Å². The Bertz CT molecular complexity index is 775. The Kier molecular flexibility index (Phi) is 3.81. The zero-order chi connectivity index (χ0) is 16.6. The molecule has 0 bridgehead atoms. The minimum Gasteiger partial charge on any atom is -0.480 e. The van der Waals surface area contributed by atoms with Crippen LogP contribution in [0.4, 0.5) is 14.6 Å². The fourth-order valence-electron chi connectivity index (χ4n) is 2.50. The molecule has 2 N–H and O–H groups in total. The van der Waals surface area contributed by atoms with Crippen molar-refractivity contribution in [3.8, 4) is 0 Å². The topological polar surface area (TPSA) is 84.2 Å². The summed E-state index contributed by atoms with van der Waals surface area (Å²) in [5.74, 6) is -3.05. The molecule has 0 aliphatic heterocycles. The maximum Gasteiger partial charge on any atom is 0.325 e. The van der Waals surface area contributed by atoms with Crippen LogP contribution in [0.5, 0.6) is 0 Å². The average molecular weight is 321 g/mol. The largest absolute Gasteiger partial charge is 0.480 e. The average Bonchev–Trinajstić information content (AvgIpc) is 3.17. The van der Waals surface area contributed by atoms with Gasteiger partial charge in [-0.25, -0.2) is 8.78 Å². The van der Waals surface area contributed by atoms with Gasteiger partial charge in [-0.05, 0) is 36.1 Å². The second-order valence-electron chi connectivity index (χ2n) is 5.40. The van der Waals surface area contributed by atoms with Gasteiger partial charge in [0.25, 0.3) is 0 Å². The maximum atomic E-state index is 13.7. The normalized spacial score (nSPS) is 19.4. The molecule has 1 aromatic carbocycles. The molecular formula is C15H13F2N3O3. The summed E-state index contributed by atoms with van der Waals surface area (Å²) in [6, 6.07) is 4.66. The van der Waals surface area contributed by atoms with Crippen molar-refractivity contribution in [1.82, 2.24) is 9.78 Å². The lowest BCUT2D eigenvalue weighted by molar-refractivity contribution is -0.137. The van der Waals surface area contributed by atoms with Crippen LogP contribution in [0.15, 0.2) is 30.5 Å². The highest BCUT2D eigenvalue weighted by Gasteiger charge is 2.45. The number of carboxylic acid groups (broad SMARTS) is 1. The van der Waals surface area contributed by atoms with E-state index in [1.54, 1.807) is 0 Å². The van der Waals surface area contributed by atoms with E-state index in [1.165, 1.54) is 16.9 Å². The van der Waals surface area contributed by atoms with E-state index in [-0.39, 0.29) is 29.8 Å². The predicted octanol–water partition coefficient (Wildman–Crippen LogP) is 1.99. The van der Waals surface area contributed by atoms with Gasteiger partial charge in [-0.15, -0.1) is 0 Å². The lowest BCUT2D eigenvalue weighted by atomic mass is 10.1. The number of hydrogen-bond donors (Lipinski definition) is 2. The smallest absolute Gasteiger partial charge is 0.325 e. The summed E-state index contributed by atoms with van der Waals surface area (Å²) < 4.78 is 28.0. The Balaban J connectivity index is 1.63. The van der Waals surface area contributed by atoms with Crippen LogP contribution in [0.25, 0.3) is 0 Å². The van der Waals surface area contributed by atoms with E-state index in [0.29, 0.717) is 6.42 Å². The third-order valence-corrected chi connectivity index (χ3v) is 3.67. The van der Waals surface area contributed by atoms with Crippen LogP contribution in [-0.4, -0.2) is 26.8 Å². The number of amides is 1. The Morgan fingerprint density at radius 2 is 2.13 bits per heavy atom. The molecule has 1 aromatic heterocycles. The molecule has 1 aliphatic rings. The number of benzene rings is 1. The number of rotatable bonds is 5. The second kappa shape index (κ2) is 5.79. The summed E-state index contributed by atoms with van der Waals surface area (Å²) in [4.78, 5) is 22.7. The lowest BCUT2D eigenvalue weighted by Gasteiger charge is -2.04. The van der Waals surface area contributed by atoms with Crippen LogP contribution < -0.4 is 5.32 Å². The molecule has 3 rings (SSSR count). The van der Waals surface area contributed by atoms with Crippen molar-refractivity contribution < 1.29 is 23.5 Å². The molecule has 1 fully saturated rings. The van der Waals surface area contributed by atoms with Gasteiger partial charge in [0.15, 0.2) is 5.82 Å². The Hall–Kier alpha value is -2.77. The molecule has 0 spiro atoms. The third kappa shape index (κ3) is 3.36. The van der Waals surface area contributed by atoms with Gasteiger partial charge in [0.1, 0.15) is 18.2 Å². The number of carboxylic acids is 1. The maximum absolute atomic E-state index is 13.7. The van der Waals surface area contributed by atoms with Crippen molar-refractivity contribution in [3.05, 3.63) is 47.7 Å². The summed E-state index contributed by atoms with van der Waals surface area (Å²) in [7, 11) is 0. The monoisotopic (exact) mass is 321 g/mol. The first kappa shape index (κ1) is 15.1. The van der Waals surface area contributed by atoms with Gasteiger partial charge in [-0.3, -0.25) is 14.3 Å². The fourth-order valence-corrected chi connectivity index (χ4v) is 2.50. The Morgan fingerprint density at radius 3 is 2.87 bits per heavy atom. The van der Waals surface area contributed by atoms with Crippen LogP contribution in [-0.2, 0) is 16.1 Å². The van der Waals surface area contributed by atoms with E-state index in [9.17, 15) is 18.4 Å². The molecular weight excluding hydrogens is 308 g/mol. The van der Waals surface area contributed by atoms with E-state index < -0.39 is 23.5 Å². The minimum atomic E-state index is -1.05. The fraction of sp³-hybridized carbons (Fsp3) is 0.267. The highest BCUT2D eigenvalue weighted by atomic mass is 19.1. The van der Waals surface area contributed by atoms with Crippen molar-refractivity contribution in [1.29, 1.82) is 0 Å². The summed E-state index contributed by atoms with van der Waals surface area (Å²) >= 11 is 0. The summed E-state index contributed by atoms with van der Waals surface area (Å²) in [6.07, 6.45) is 1.86. The molecule has 8 heteroatoms. The van der Waals surface area contributed by atoms with Gasteiger partial charge >= 0.3 is 5.97 Å². The van der Waals surface area contributed by atoms with Crippen molar-refractivity contribution in [2.75, 3.05) is 5.32 Å². The summed E-state index contributed by atoms with van der Waals surface area (Å²) in [5.41, 5.74) is 0.196. The van der Waals surface area contributed by atoms with E-state index >= 15 is 0 Å². The van der Waals surface area contributed by atoms with Crippen LogP contribution in [0.3, 0.4) is 0 Å². The Labute approximate surface area is 129 Å². The van der Waals surface area contributed by atoms with Gasteiger partial charge in [0.05, 0.1) is 0 Å². The molecule has 2 aromatic rings. The SMILES string of the molecule is O=C(O)Cn1ccc(NC(=O)[C@@H]2C[C@H]2c2cc(F)ccc2F)n1. The Morgan fingerprint density at radius 1 is 1.35 bits per heavy atom. The van der Waals surface area contributed by atoms with E-state index in [4.69, 9.17) is 5.11 Å². The quantitative estimate of drug-likeness (QED) is 0.882. The van der Waals surface area contributed by atoms with E-state index in [2.05, 4.69) is 10.4 Å². The highest BCUT2D eigenvalue weighted by Crippen LogP contribution is 2.48. The van der Waals surface area contributed by atoms with Crippen LogP contribution in [0.2, 0.25) is 0 Å². The molecule has 0 unspecified atom stereocenters. The van der Waals surface area contributed by atoms with Gasteiger partial charge < -0.3 is 10.4 Å². The molecule has 1 heterocycles. The number of carbonyl (C=O) groups is 2. The van der Waals surface area contributed by atoms with Gasteiger partial charge in [-0.2, -0.15) is 5.10 Å². The van der Waals surface area contributed by atoms with Crippen LogP contribution in [0, 0.1) is 17.6 Å². The molecule has 1 amide bonds. The molecule has 6 nitrogen and oxygen atoms in total. The number of aliphatic carboxylic acids is 1. The minimum absolute atomic E-state index is 0.196. The number of halogens is 2. The third-order valence-electron chi connectivity index (χ3n) is 3.67. The van der Waals surface area contributed by atoms with E-state index in [1.807, 2.05) is 0 Å². The van der Waals surface area contributed by atoms with Crippen molar-refractivity contribution in [2.24, 2.45) is 5.92 Å². The first-order chi connectivity index (χ1) is 10.9. The van der Waals surface area contributed by atoms with Crippen LogP contribution >= 0.6 is 0 Å². The first-order valence-corrected chi connectivity index (χ1v) is 6.95. The number of nitrogens with one attached hydrogen (secondary N) is 1. The molecule has 23 heavy (non-hydrogen) atoms. The van der Waals surface area contributed by atoms with Crippen molar-refractivity contribution in [2.45, 2.75) is 18.9 Å². The number of hydrogen-bond acceptors (Lipinski definition) is 3. The molecule has 0 radical (unpaired) electrons. The standard InChI is InChI=1S/C15H13F2N3O3/c16-8-1-2-12(17)10(5-8)9-6-11(9)15(23)18-13-3-4-20(19-13)7-14(21)22/h1-5,9,11H,6-7H2,(H,21,22)(H,18,19,23)/t9-,11+/m0/s1. The van der Waals surface area contributed by atoms with Crippen molar-refractivity contribution in [3.63, 3.8) is 0 Å². The number of carbonyl (C=O) groups excluding carboxylic acids is 1. The molecule has 1 saturated carbocycles. The van der Waals surface area contributed by atoms with Gasteiger partial charge in [-0.1, -0.05) is 0 Å². The number of nitrogens with zero attached hydrogens (tertiary/aromatic N) is 2. The van der Waals surface area contributed by atoms with Gasteiger partial charge in [0, 0.05) is 18.2 Å². The summed E-state index contributed by atoms with van der Waals surface area (Å²) in [6.45, 7) is -0.309. The number of anilines is 1. The lowest BCUT2D eigenvalue weighted by Crippen LogP contribution is -2.16. The molecule has 120 valence electrons. The molecule has 2 atom stereocenters. The van der Waals surface area contributed by atoms with E-state index in [0.717, 1.165) is 18.2 Å². The molecule has 0 saturated heterocycles. The zero-order valence-electron chi connectivity index (χ0n) is 11.9.